The number of halogens is 3. The number of aromatic hydroxyl groups is 1. The predicted molar refractivity (Wildman–Crippen MR) is 115 cm³/mol. The van der Waals surface area contributed by atoms with E-state index in [1.165, 1.54) is 10.8 Å². The van der Waals surface area contributed by atoms with Gasteiger partial charge in [0.15, 0.2) is 11.4 Å². The van der Waals surface area contributed by atoms with Crippen LogP contribution < -0.4 is 10.7 Å². The summed E-state index contributed by atoms with van der Waals surface area (Å²) in [4.78, 5) is 40.1. The number of aromatic nitrogens is 1. The van der Waals surface area contributed by atoms with Gasteiger partial charge < -0.3 is 24.6 Å². The lowest BCUT2D eigenvalue weighted by Crippen LogP contribution is -2.56. The minimum Gasteiger partial charge on any atom is -0.503 e. The third kappa shape index (κ3) is 4.04. The van der Waals surface area contributed by atoms with Crippen LogP contribution in [0.5, 0.6) is 5.75 Å². The highest BCUT2D eigenvalue weighted by Gasteiger charge is 2.43. The highest BCUT2D eigenvalue weighted by Crippen LogP contribution is 2.35. The number of hydrogen-bond acceptors (Lipinski definition) is 5. The van der Waals surface area contributed by atoms with Crippen LogP contribution in [-0.4, -0.2) is 62.4 Å². The van der Waals surface area contributed by atoms with Gasteiger partial charge in [0.25, 0.3) is 11.8 Å². The Balaban J connectivity index is 1.68. The maximum absolute atomic E-state index is 14.1. The average molecular weight is 495 g/mol. The fourth-order valence-corrected chi connectivity index (χ4v) is 4.66. The molecule has 3 heterocycles. The molecular weight excluding hydrogens is 476 g/mol. The van der Waals surface area contributed by atoms with Crippen LogP contribution in [-0.2, 0) is 11.3 Å². The van der Waals surface area contributed by atoms with Crippen molar-refractivity contribution in [3.63, 3.8) is 0 Å². The van der Waals surface area contributed by atoms with Crippen molar-refractivity contribution >= 4 is 33.7 Å². The Labute approximate surface area is 195 Å². The van der Waals surface area contributed by atoms with E-state index in [-0.39, 0.29) is 36.5 Å². The molecule has 1 aromatic heterocycles. The molecule has 1 saturated heterocycles. The summed E-state index contributed by atoms with van der Waals surface area (Å²) in [5.41, 5.74) is -1.69. The molecule has 0 saturated carbocycles. The number of ether oxygens (including phenoxy) is 1. The van der Waals surface area contributed by atoms with Crippen LogP contribution in [0.1, 0.15) is 38.9 Å². The molecule has 0 aliphatic carbocycles. The summed E-state index contributed by atoms with van der Waals surface area (Å²) in [6, 6.07) is 1.93. The standard InChI is InChI=1S/C21H19ClF2N3O5Si/c22-15-12(23)2-1-10(16(15)24)7-25-20(30)11-8-27-13-3-5-32-9-14(13)26(4-6-33)21(31)17(27)19(29)18(11)28/h1-2,8,13-14,29H,3-7,9H2,(H,25,30)/t13-,14+/m1/s1. The molecule has 8 nitrogen and oxygen atoms in total. The van der Waals surface area contributed by atoms with Gasteiger partial charge in [-0.05, 0) is 18.5 Å². The molecule has 2 aliphatic rings. The van der Waals surface area contributed by atoms with E-state index in [4.69, 9.17) is 16.3 Å². The van der Waals surface area contributed by atoms with Gasteiger partial charge in [-0.25, -0.2) is 8.78 Å². The van der Waals surface area contributed by atoms with E-state index in [1.54, 1.807) is 4.90 Å². The van der Waals surface area contributed by atoms with Crippen LogP contribution in [0.4, 0.5) is 8.78 Å². The Kier molecular flexibility index (Phi) is 6.55. The molecule has 12 heteroatoms. The maximum atomic E-state index is 14.1. The zero-order valence-electron chi connectivity index (χ0n) is 17.2. The van der Waals surface area contributed by atoms with E-state index in [1.807, 2.05) is 0 Å². The number of fused-ring (bicyclic) bond motifs is 3. The first-order valence-electron chi connectivity index (χ1n) is 10.2. The number of hydrogen-bond donors (Lipinski definition) is 2. The fourth-order valence-electron chi connectivity index (χ4n) is 4.24. The summed E-state index contributed by atoms with van der Waals surface area (Å²) in [6.45, 7) is 0.669. The molecule has 2 amide bonds. The molecule has 2 aromatic rings. The zero-order chi connectivity index (χ0) is 23.9. The molecule has 1 aromatic carbocycles. The van der Waals surface area contributed by atoms with Crippen LogP contribution in [0.25, 0.3) is 0 Å². The first kappa shape index (κ1) is 23.4. The van der Waals surface area contributed by atoms with Gasteiger partial charge in [0.05, 0.1) is 18.7 Å². The minimum atomic E-state index is -1.02. The Morgan fingerprint density at radius 2 is 2.06 bits per heavy atom. The van der Waals surface area contributed by atoms with Gasteiger partial charge in [0.2, 0.25) is 5.43 Å². The third-order valence-corrected chi connectivity index (χ3v) is 6.44. The largest absolute Gasteiger partial charge is 0.503 e. The number of amides is 2. The van der Waals surface area contributed by atoms with Crippen molar-refractivity contribution in [1.29, 1.82) is 0 Å². The topological polar surface area (TPSA) is 101 Å². The van der Waals surface area contributed by atoms with Gasteiger partial charge in [-0.15, -0.1) is 0 Å². The van der Waals surface area contributed by atoms with E-state index < -0.39 is 45.2 Å². The predicted octanol–water partition coefficient (Wildman–Crippen LogP) is 1.79. The molecule has 3 radical (unpaired) electrons. The Bertz CT molecular complexity index is 1190. The average Bonchev–Trinajstić information content (AvgIpc) is 2.81. The molecule has 4 rings (SSSR count). The normalized spacial score (nSPS) is 19.8. The molecule has 2 aliphatic heterocycles. The second kappa shape index (κ2) is 9.24. The SMILES string of the molecule is O=C(NCc1ccc(F)c(Cl)c1F)c1cn2c(c(O)c1=O)C(=O)N(CC[Si])[C@H]1COCC[C@H]12. The first-order chi connectivity index (χ1) is 15.8. The minimum absolute atomic E-state index is 0.0815. The van der Waals surface area contributed by atoms with Crippen LogP contribution in [0.3, 0.4) is 0 Å². The monoisotopic (exact) mass is 494 g/mol. The number of benzene rings is 1. The number of pyridine rings is 1. The molecule has 1 fully saturated rings. The van der Waals surface area contributed by atoms with E-state index in [0.29, 0.717) is 25.6 Å². The molecule has 0 unspecified atom stereocenters. The van der Waals surface area contributed by atoms with Crippen molar-refractivity contribution in [3.8, 4) is 5.75 Å². The lowest BCUT2D eigenvalue weighted by molar-refractivity contribution is -0.0175. The molecule has 0 bridgehead atoms. The van der Waals surface area contributed by atoms with Gasteiger partial charge in [-0.2, -0.15) is 0 Å². The zero-order valence-corrected chi connectivity index (χ0v) is 19.0. The Morgan fingerprint density at radius 1 is 1.30 bits per heavy atom. The summed E-state index contributed by atoms with van der Waals surface area (Å²) in [5, 5.41) is 12.3. The van der Waals surface area contributed by atoms with Crippen LogP contribution >= 0.6 is 11.6 Å². The van der Waals surface area contributed by atoms with Crippen molar-refractivity contribution in [1.82, 2.24) is 14.8 Å². The number of carbonyl (C=O) groups excluding carboxylic acids is 2. The summed E-state index contributed by atoms with van der Waals surface area (Å²) >= 11 is 5.56. The molecular formula is C21H19ClF2N3O5Si. The van der Waals surface area contributed by atoms with Gasteiger partial charge in [0, 0.05) is 41.7 Å². The number of rotatable bonds is 5. The van der Waals surface area contributed by atoms with E-state index in [0.717, 1.165) is 12.1 Å². The second-order valence-corrected chi connectivity index (χ2v) is 8.62. The van der Waals surface area contributed by atoms with Crippen LogP contribution in [0.15, 0.2) is 23.1 Å². The van der Waals surface area contributed by atoms with Crippen molar-refractivity contribution < 1.29 is 28.2 Å². The number of carbonyl (C=O) groups is 2. The van der Waals surface area contributed by atoms with E-state index in [2.05, 4.69) is 15.6 Å². The summed E-state index contributed by atoms with van der Waals surface area (Å²) < 4.78 is 34.5. The number of nitrogens with one attached hydrogen (secondary N) is 1. The van der Waals surface area contributed by atoms with Crippen molar-refractivity contribution in [3.05, 3.63) is 62.0 Å². The van der Waals surface area contributed by atoms with Crippen LogP contribution in [0, 0.1) is 11.6 Å². The van der Waals surface area contributed by atoms with E-state index in [9.17, 15) is 28.3 Å². The van der Waals surface area contributed by atoms with Crippen molar-refractivity contribution in [2.75, 3.05) is 19.8 Å². The quantitative estimate of drug-likeness (QED) is 0.487. The molecule has 0 spiro atoms. The Hall–Kier alpha value is -2.76. The van der Waals surface area contributed by atoms with Gasteiger partial charge in [-0.1, -0.05) is 17.7 Å². The molecule has 33 heavy (non-hydrogen) atoms. The lowest BCUT2D eigenvalue weighted by atomic mass is 9.96. The van der Waals surface area contributed by atoms with Crippen molar-refractivity contribution in [2.24, 2.45) is 0 Å². The van der Waals surface area contributed by atoms with E-state index >= 15 is 0 Å². The van der Waals surface area contributed by atoms with Gasteiger partial charge >= 0.3 is 0 Å². The lowest BCUT2D eigenvalue weighted by Gasteiger charge is -2.45. The fraction of sp³-hybridized carbons (Fsp3) is 0.381. The van der Waals surface area contributed by atoms with Crippen LogP contribution in [0.2, 0.25) is 11.1 Å². The smallest absolute Gasteiger partial charge is 0.274 e. The third-order valence-electron chi connectivity index (χ3n) is 5.87. The Morgan fingerprint density at radius 3 is 2.79 bits per heavy atom. The van der Waals surface area contributed by atoms with Gasteiger partial charge in [-0.3, -0.25) is 14.4 Å². The second-order valence-electron chi connectivity index (χ2n) is 7.74. The summed E-state index contributed by atoms with van der Waals surface area (Å²) in [6.07, 6.45) is 1.75. The van der Waals surface area contributed by atoms with Gasteiger partial charge in [0.1, 0.15) is 22.2 Å². The first-order valence-corrected chi connectivity index (χ1v) is 11.3. The summed E-state index contributed by atoms with van der Waals surface area (Å²) in [5.74, 6) is -4.21. The number of nitrogens with zero attached hydrogens (tertiary/aromatic N) is 2. The molecule has 2 atom stereocenters. The molecule has 2 N–H and O–H groups in total. The maximum Gasteiger partial charge on any atom is 0.274 e. The van der Waals surface area contributed by atoms with Crippen molar-refractivity contribution in [2.45, 2.75) is 31.1 Å². The molecule has 173 valence electrons. The highest BCUT2D eigenvalue weighted by atomic mass is 35.5. The summed E-state index contributed by atoms with van der Waals surface area (Å²) in [7, 11) is 3.36. The highest BCUT2D eigenvalue weighted by molar-refractivity contribution is 6.30.